The van der Waals surface area contributed by atoms with Gasteiger partial charge in [0.1, 0.15) is 0 Å². The van der Waals surface area contributed by atoms with Gasteiger partial charge in [-0.15, -0.1) is 0 Å². The topological polar surface area (TPSA) is 26.0 Å². The number of fused-ring (bicyclic) bond motifs is 1. The van der Waals surface area contributed by atoms with Crippen LogP contribution in [0.25, 0.3) is 0 Å². The molecule has 1 aromatic rings. The predicted octanol–water partition coefficient (Wildman–Crippen LogP) is 1.94. The summed E-state index contributed by atoms with van der Waals surface area (Å²) in [5.74, 6) is 0. The number of aryl methyl sites for hydroxylation is 2. The van der Waals surface area contributed by atoms with Crippen LogP contribution in [0.3, 0.4) is 0 Å². The van der Waals surface area contributed by atoms with E-state index in [1.165, 1.54) is 16.7 Å². The summed E-state index contributed by atoms with van der Waals surface area (Å²) in [6, 6.07) is 6.75. The Kier molecular flexibility index (Phi) is 1.46. The summed E-state index contributed by atoms with van der Waals surface area (Å²) in [6.45, 7) is 2.14. The normalized spacial score (nSPS) is 21.8. The average molecular weight is 147 g/mol. The number of rotatable bonds is 0. The Bertz CT molecular complexity index is 278. The van der Waals surface area contributed by atoms with Gasteiger partial charge in [0.2, 0.25) is 0 Å². The Morgan fingerprint density at radius 2 is 2.27 bits per heavy atom. The smallest absolute Gasteiger partial charge is 0.0303 e. The van der Waals surface area contributed by atoms with Crippen LogP contribution >= 0.6 is 0 Å². The van der Waals surface area contributed by atoms with Gasteiger partial charge < -0.3 is 5.73 Å². The standard InChI is InChI=1S/C10H13N/c1-7-3-2-4-8-5-6-9(11)10(7)8/h2-4,9H,5-6,11H2,1H3. The van der Waals surface area contributed by atoms with E-state index >= 15 is 0 Å². The molecule has 0 aliphatic heterocycles. The molecule has 58 valence electrons. The van der Waals surface area contributed by atoms with Crippen LogP contribution in [0.15, 0.2) is 18.2 Å². The third-order valence-corrected chi connectivity index (χ3v) is 2.51. The van der Waals surface area contributed by atoms with Crippen molar-refractivity contribution >= 4 is 0 Å². The van der Waals surface area contributed by atoms with Gasteiger partial charge in [-0.05, 0) is 36.5 Å². The first-order chi connectivity index (χ1) is 5.29. The van der Waals surface area contributed by atoms with Gasteiger partial charge in [0.25, 0.3) is 0 Å². The molecule has 0 bridgehead atoms. The first kappa shape index (κ1) is 6.86. The quantitative estimate of drug-likeness (QED) is 0.596. The zero-order chi connectivity index (χ0) is 7.84. The minimum Gasteiger partial charge on any atom is -0.324 e. The fraction of sp³-hybridized carbons (Fsp3) is 0.400. The average Bonchev–Trinajstić information content (AvgIpc) is 2.34. The van der Waals surface area contributed by atoms with E-state index in [2.05, 4.69) is 25.1 Å². The van der Waals surface area contributed by atoms with E-state index < -0.39 is 0 Å². The number of nitrogens with two attached hydrogens (primary N) is 1. The highest BCUT2D eigenvalue weighted by Crippen LogP contribution is 2.31. The molecule has 0 radical (unpaired) electrons. The Morgan fingerprint density at radius 1 is 1.45 bits per heavy atom. The Balaban J connectivity index is 2.58. The van der Waals surface area contributed by atoms with Gasteiger partial charge in [-0.25, -0.2) is 0 Å². The highest BCUT2D eigenvalue weighted by Gasteiger charge is 2.19. The van der Waals surface area contributed by atoms with E-state index in [1.54, 1.807) is 0 Å². The van der Waals surface area contributed by atoms with E-state index in [0.717, 1.165) is 12.8 Å². The van der Waals surface area contributed by atoms with Crippen LogP contribution < -0.4 is 5.73 Å². The van der Waals surface area contributed by atoms with Crippen LogP contribution in [0, 0.1) is 6.92 Å². The maximum absolute atomic E-state index is 5.95. The van der Waals surface area contributed by atoms with Crippen LogP contribution in [0.2, 0.25) is 0 Å². The van der Waals surface area contributed by atoms with Crippen LogP contribution in [0.1, 0.15) is 29.2 Å². The molecule has 0 heterocycles. The second kappa shape index (κ2) is 2.35. The van der Waals surface area contributed by atoms with E-state index in [1.807, 2.05) is 0 Å². The SMILES string of the molecule is Cc1cccc2c1C(N)CC2. The molecule has 0 amide bonds. The molecule has 1 aliphatic rings. The molecular formula is C10H13N. The molecule has 0 spiro atoms. The van der Waals surface area contributed by atoms with Crippen molar-refractivity contribution in [1.82, 2.24) is 0 Å². The molecule has 11 heavy (non-hydrogen) atoms. The van der Waals surface area contributed by atoms with Crippen LogP contribution in [-0.2, 0) is 6.42 Å². The molecule has 1 aliphatic carbocycles. The van der Waals surface area contributed by atoms with Crippen molar-refractivity contribution in [3.05, 3.63) is 34.9 Å². The van der Waals surface area contributed by atoms with Crippen molar-refractivity contribution in [2.45, 2.75) is 25.8 Å². The van der Waals surface area contributed by atoms with Crippen molar-refractivity contribution in [2.24, 2.45) is 5.73 Å². The molecule has 1 nitrogen and oxygen atoms in total. The van der Waals surface area contributed by atoms with Crippen LogP contribution in [0.4, 0.5) is 0 Å². The number of hydrogen-bond acceptors (Lipinski definition) is 1. The first-order valence-electron chi connectivity index (χ1n) is 4.13. The zero-order valence-electron chi connectivity index (χ0n) is 6.80. The maximum atomic E-state index is 5.95. The lowest BCUT2D eigenvalue weighted by Gasteiger charge is -2.07. The number of hydrogen-bond donors (Lipinski definition) is 1. The van der Waals surface area contributed by atoms with Gasteiger partial charge in [0.05, 0.1) is 0 Å². The van der Waals surface area contributed by atoms with Gasteiger partial charge >= 0.3 is 0 Å². The van der Waals surface area contributed by atoms with E-state index in [4.69, 9.17) is 5.73 Å². The minimum atomic E-state index is 0.297. The first-order valence-corrected chi connectivity index (χ1v) is 4.13. The zero-order valence-corrected chi connectivity index (χ0v) is 6.80. The Hall–Kier alpha value is -0.820. The fourth-order valence-corrected chi connectivity index (χ4v) is 1.95. The molecule has 0 saturated carbocycles. The second-order valence-corrected chi connectivity index (χ2v) is 3.29. The lowest BCUT2D eigenvalue weighted by Crippen LogP contribution is -2.06. The summed E-state index contributed by atoms with van der Waals surface area (Å²) < 4.78 is 0. The van der Waals surface area contributed by atoms with Crippen LogP contribution in [0.5, 0.6) is 0 Å². The predicted molar refractivity (Wildman–Crippen MR) is 46.4 cm³/mol. The molecular weight excluding hydrogens is 134 g/mol. The summed E-state index contributed by atoms with van der Waals surface area (Å²) >= 11 is 0. The van der Waals surface area contributed by atoms with Crippen LogP contribution in [-0.4, -0.2) is 0 Å². The Labute approximate surface area is 67.2 Å². The van der Waals surface area contributed by atoms with E-state index in [-0.39, 0.29) is 0 Å². The van der Waals surface area contributed by atoms with Crippen molar-refractivity contribution in [3.8, 4) is 0 Å². The van der Waals surface area contributed by atoms with Crippen molar-refractivity contribution in [3.63, 3.8) is 0 Å². The lowest BCUT2D eigenvalue weighted by atomic mass is 10.0. The molecule has 1 unspecified atom stereocenters. The van der Waals surface area contributed by atoms with E-state index in [0.29, 0.717) is 6.04 Å². The Morgan fingerprint density at radius 3 is 3.00 bits per heavy atom. The third kappa shape index (κ3) is 0.962. The molecule has 1 heteroatoms. The van der Waals surface area contributed by atoms with Gasteiger partial charge in [-0.1, -0.05) is 18.2 Å². The summed E-state index contributed by atoms with van der Waals surface area (Å²) in [5, 5.41) is 0. The molecule has 2 rings (SSSR count). The molecule has 2 N–H and O–H groups in total. The van der Waals surface area contributed by atoms with Crippen molar-refractivity contribution < 1.29 is 0 Å². The molecule has 1 atom stereocenters. The fourth-order valence-electron chi connectivity index (χ4n) is 1.95. The highest BCUT2D eigenvalue weighted by atomic mass is 14.6. The minimum absolute atomic E-state index is 0.297. The second-order valence-electron chi connectivity index (χ2n) is 3.29. The monoisotopic (exact) mass is 147 g/mol. The van der Waals surface area contributed by atoms with Gasteiger partial charge in [-0.3, -0.25) is 0 Å². The lowest BCUT2D eigenvalue weighted by molar-refractivity contribution is 0.710. The van der Waals surface area contributed by atoms with E-state index in [9.17, 15) is 0 Å². The van der Waals surface area contributed by atoms with Crippen molar-refractivity contribution in [1.29, 1.82) is 0 Å². The third-order valence-electron chi connectivity index (χ3n) is 2.51. The molecule has 0 fully saturated rings. The summed E-state index contributed by atoms with van der Waals surface area (Å²) in [5.41, 5.74) is 10.2. The summed E-state index contributed by atoms with van der Waals surface area (Å²) in [6.07, 6.45) is 2.29. The van der Waals surface area contributed by atoms with Gasteiger partial charge in [-0.2, -0.15) is 0 Å². The van der Waals surface area contributed by atoms with Gasteiger partial charge in [0.15, 0.2) is 0 Å². The van der Waals surface area contributed by atoms with Gasteiger partial charge in [0, 0.05) is 6.04 Å². The highest BCUT2D eigenvalue weighted by molar-refractivity contribution is 5.40. The maximum Gasteiger partial charge on any atom is 0.0303 e. The molecule has 0 saturated heterocycles. The molecule has 0 aromatic heterocycles. The summed E-state index contributed by atoms with van der Waals surface area (Å²) in [7, 11) is 0. The van der Waals surface area contributed by atoms with Crippen molar-refractivity contribution in [2.75, 3.05) is 0 Å². The largest absolute Gasteiger partial charge is 0.324 e. The summed E-state index contributed by atoms with van der Waals surface area (Å²) in [4.78, 5) is 0. The molecule has 1 aromatic carbocycles. The number of benzene rings is 1.